The van der Waals surface area contributed by atoms with Crippen molar-refractivity contribution in [1.29, 1.82) is 0 Å². The monoisotopic (exact) mass is 262 g/mol. The van der Waals surface area contributed by atoms with Gasteiger partial charge in [0.2, 0.25) is 0 Å². The summed E-state index contributed by atoms with van der Waals surface area (Å²) >= 11 is 0. The van der Waals surface area contributed by atoms with E-state index >= 15 is 0 Å². The molecule has 0 bridgehead atoms. The van der Waals surface area contributed by atoms with Crippen LogP contribution in [-0.4, -0.2) is 17.9 Å². The third-order valence-corrected chi connectivity index (χ3v) is 2.38. The topological polar surface area (TPSA) is 87.6 Å². The summed E-state index contributed by atoms with van der Waals surface area (Å²) in [5.41, 5.74) is 6.41. The van der Waals surface area contributed by atoms with Crippen molar-refractivity contribution in [3.63, 3.8) is 0 Å². The lowest BCUT2D eigenvalue weighted by Crippen LogP contribution is -2.12. The van der Waals surface area contributed by atoms with Crippen molar-refractivity contribution in [3.8, 4) is 17.0 Å². The average Bonchev–Trinajstić information content (AvgIpc) is 2.86. The van der Waals surface area contributed by atoms with Gasteiger partial charge in [-0.05, 0) is 31.2 Å². The lowest BCUT2D eigenvalue weighted by Gasteiger charge is -2.02. The molecule has 2 aromatic rings. The second kappa shape index (κ2) is 5.90. The van der Waals surface area contributed by atoms with Crippen LogP contribution in [0.3, 0.4) is 0 Å². The zero-order valence-electron chi connectivity index (χ0n) is 10.5. The van der Waals surface area contributed by atoms with E-state index in [0.717, 1.165) is 11.3 Å². The summed E-state index contributed by atoms with van der Waals surface area (Å²) in [5.74, 6) is 1.23. The van der Waals surface area contributed by atoms with Gasteiger partial charge >= 0.3 is 6.09 Å². The Morgan fingerprint density at radius 3 is 2.74 bits per heavy atom. The van der Waals surface area contributed by atoms with Crippen LogP contribution in [0.25, 0.3) is 11.3 Å². The minimum absolute atomic E-state index is 0.0284. The van der Waals surface area contributed by atoms with E-state index in [4.69, 9.17) is 15.0 Å². The molecule has 1 heterocycles. The van der Waals surface area contributed by atoms with Gasteiger partial charge in [-0.15, -0.1) is 0 Å². The molecular weight excluding hydrogens is 248 g/mol. The molecule has 0 unspecified atom stereocenters. The summed E-state index contributed by atoms with van der Waals surface area (Å²) in [6.45, 7) is 2.52. The molecule has 0 saturated heterocycles. The minimum Gasteiger partial charge on any atom is -0.494 e. The number of hydrogen-bond donors (Lipinski definition) is 1. The van der Waals surface area contributed by atoms with E-state index in [0.29, 0.717) is 18.1 Å². The molecule has 0 aliphatic heterocycles. The molecule has 0 saturated carbocycles. The van der Waals surface area contributed by atoms with Gasteiger partial charge in [-0.2, -0.15) is 0 Å². The molecule has 6 nitrogen and oxygen atoms in total. The molecule has 100 valence electrons. The van der Waals surface area contributed by atoms with Crippen molar-refractivity contribution in [2.75, 3.05) is 6.61 Å². The highest BCUT2D eigenvalue weighted by Crippen LogP contribution is 2.22. The van der Waals surface area contributed by atoms with Gasteiger partial charge in [-0.25, -0.2) is 4.79 Å². The highest BCUT2D eigenvalue weighted by molar-refractivity contribution is 5.64. The van der Waals surface area contributed by atoms with Crippen LogP contribution in [0.2, 0.25) is 0 Å². The number of aromatic nitrogens is 1. The third kappa shape index (κ3) is 3.48. The standard InChI is InChI=1S/C13H14N2O4/c1-2-17-10-5-3-9(4-6-10)12-7-11(19-15-12)8-18-13(14)16/h3-7H,2,8H2,1H3,(H2,14,16). The van der Waals surface area contributed by atoms with Crippen molar-refractivity contribution < 1.29 is 18.8 Å². The van der Waals surface area contributed by atoms with E-state index in [-0.39, 0.29) is 6.61 Å². The van der Waals surface area contributed by atoms with Crippen LogP contribution in [0.4, 0.5) is 4.79 Å². The Morgan fingerprint density at radius 2 is 2.11 bits per heavy atom. The summed E-state index contributed by atoms with van der Waals surface area (Å²) in [4.78, 5) is 10.5. The molecule has 19 heavy (non-hydrogen) atoms. The molecule has 6 heteroatoms. The first-order chi connectivity index (χ1) is 9.19. The zero-order chi connectivity index (χ0) is 13.7. The summed E-state index contributed by atoms with van der Waals surface area (Å²) in [6, 6.07) is 9.15. The predicted molar refractivity (Wildman–Crippen MR) is 67.5 cm³/mol. The van der Waals surface area contributed by atoms with Crippen molar-refractivity contribution >= 4 is 6.09 Å². The van der Waals surface area contributed by atoms with Gasteiger partial charge in [-0.1, -0.05) is 5.16 Å². The first kappa shape index (κ1) is 12.9. The molecule has 1 aromatic carbocycles. The Kier molecular flexibility index (Phi) is 4.02. The fraction of sp³-hybridized carbons (Fsp3) is 0.231. The van der Waals surface area contributed by atoms with Crippen LogP contribution in [0.15, 0.2) is 34.9 Å². The molecular formula is C13H14N2O4. The SMILES string of the molecule is CCOc1ccc(-c2cc(COC(N)=O)on2)cc1. The van der Waals surface area contributed by atoms with Gasteiger partial charge in [0.1, 0.15) is 11.4 Å². The fourth-order valence-corrected chi connectivity index (χ4v) is 1.55. The Hall–Kier alpha value is -2.50. The number of carbonyl (C=O) groups is 1. The van der Waals surface area contributed by atoms with Crippen molar-refractivity contribution in [2.45, 2.75) is 13.5 Å². The van der Waals surface area contributed by atoms with Gasteiger partial charge in [0.25, 0.3) is 0 Å². The van der Waals surface area contributed by atoms with E-state index in [1.165, 1.54) is 0 Å². The first-order valence-corrected chi connectivity index (χ1v) is 5.80. The van der Waals surface area contributed by atoms with E-state index in [1.807, 2.05) is 31.2 Å². The number of benzene rings is 1. The van der Waals surface area contributed by atoms with Crippen LogP contribution in [0.1, 0.15) is 12.7 Å². The van der Waals surface area contributed by atoms with E-state index < -0.39 is 6.09 Å². The van der Waals surface area contributed by atoms with Crippen LogP contribution < -0.4 is 10.5 Å². The maximum absolute atomic E-state index is 10.5. The highest BCUT2D eigenvalue weighted by atomic mass is 16.6. The minimum atomic E-state index is -0.848. The zero-order valence-corrected chi connectivity index (χ0v) is 10.5. The number of nitrogens with two attached hydrogens (primary N) is 1. The normalized spacial score (nSPS) is 10.2. The molecule has 2 N–H and O–H groups in total. The van der Waals surface area contributed by atoms with E-state index in [9.17, 15) is 4.79 Å². The summed E-state index contributed by atoms with van der Waals surface area (Å²) in [5, 5.41) is 3.89. The van der Waals surface area contributed by atoms with E-state index in [2.05, 4.69) is 9.89 Å². The molecule has 0 aliphatic carbocycles. The summed E-state index contributed by atoms with van der Waals surface area (Å²) in [7, 11) is 0. The molecule has 0 spiro atoms. The predicted octanol–water partition coefficient (Wildman–Crippen LogP) is 2.34. The molecule has 1 amide bonds. The number of amides is 1. The number of rotatable bonds is 5. The van der Waals surface area contributed by atoms with Gasteiger partial charge in [0.05, 0.1) is 6.61 Å². The summed E-state index contributed by atoms with van der Waals surface area (Å²) < 4.78 is 15.0. The molecule has 0 atom stereocenters. The van der Waals surface area contributed by atoms with Gasteiger partial charge in [-0.3, -0.25) is 0 Å². The Balaban J connectivity index is 2.07. The number of primary amides is 1. The number of carbonyl (C=O) groups excluding carboxylic acids is 1. The Labute approximate surface area is 110 Å². The number of nitrogens with zero attached hydrogens (tertiary/aromatic N) is 1. The third-order valence-electron chi connectivity index (χ3n) is 2.38. The average molecular weight is 262 g/mol. The lowest BCUT2D eigenvalue weighted by atomic mass is 10.1. The number of hydrogen-bond acceptors (Lipinski definition) is 5. The second-order valence-corrected chi connectivity index (χ2v) is 3.74. The van der Waals surface area contributed by atoms with Crippen molar-refractivity contribution in [1.82, 2.24) is 5.16 Å². The molecule has 0 aliphatic rings. The van der Waals surface area contributed by atoms with E-state index in [1.54, 1.807) is 6.07 Å². The Morgan fingerprint density at radius 1 is 1.37 bits per heavy atom. The maximum atomic E-state index is 10.5. The Bertz CT molecular complexity index is 548. The molecule has 2 rings (SSSR count). The molecule has 1 aromatic heterocycles. The van der Waals surface area contributed by atoms with Gasteiger partial charge in [0.15, 0.2) is 12.4 Å². The maximum Gasteiger partial charge on any atom is 0.404 e. The second-order valence-electron chi connectivity index (χ2n) is 3.74. The smallest absolute Gasteiger partial charge is 0.404 e. The van der Waals surface area contributed by atoms with Crippen LogP contribution in [0.5, 0.6) is 5.75 Å². The summed E-state index contributed by atoms with van der Waals surface area (Å²) in [6.07, 6.45) is -0.848. The fourth-order valence-electron chi connectivity index (χ4n) is 1.55. The largest absolute Gasteiger partial charge is 0.494 e. The van der Waals surface area contributed by atoms with Crippen molar-refractivity contribution in [2.24, 2.45) is 5.73 Å². The quantitative estimate of drug-likeness (QED) is 0.893. The number of ether oxygens (including phenoxy) is 2. The highest BCUT2D eigenvalue weighted by Gasteiger charge is 2.08. The van der Waals surface area contributed by atoms with Crippen LogP contribution in [0, 0.1) is 0 Å². The lowest BCUT2D eigenvalue weighted by molar-refractivity contribution is 0.137. The van der Waals surface area contributed by atoms with Gasteiger partial charge in [0, 0.05) is 11.6 Å². The van der Waals surface area contributed by atoms with Crippen LogP contribution in [-0.2, 0) is 11.3 Å². The van der Waals surface area contributed by atoms with Crippen LogP contribution >= 0.6 is 0 Å². The first-order valence-electron chi connectivity index (χ1n) is 5.80. The van der Waals surface area contributed by atoms with Crippen molar-refractivity contribution in [3.05, 3.63) is 36.1 Å². The van der Waals surface area contributed by atoms with Gasteiger partial charge < -0.3 is 19.7 Å². The molecule has 0 fully saturated rings. The molecule has 0 radical (unpaired) electrons.